The minimum atomic E-state index is -4.00. The quantitative estimate of drug-likeness (QED) is 0.605. The van der Waals surface area contributed by atoms with Gasteiger partial charge in [0, 0.05) is 11.4 Å². The molecule has 9 heteroatoms. The molecule has 0 saturated heterocycles. The van der Waals surface area contributed by atoms with Gasteiger partial charge in [-0.3, -0.25) is 4.79 Å². The number of amides is 1. The minimum Gasteiger partial charge on any atom is -0.350 e. The molecular formula is C19H14F3NO3S2. The van der Waals surface area contributed by atoms with Crippen LogP contribution in [0.4, 0.5) is 13.2 Å². The summed E-state index contributed by atoms with van der Waals surface area (Å²) in [6.45, 7) is -0.410. The average Bonchev–Trinajstić information content (AvgIpc) is 3.16. The Bertz CT molecular complexity index is 1060. The van der Waals surface area contributed by atoms with E-state index in [1.807, 2.05) is 0 Å². The van der Waals surface area contributed by atoms with Crippen LogP contribution in [0.1, 0.15) is 20.5 Å². The zero-order valence-electron chi connectivity index (χ0n) is 14.2. The summed E-state index contributed by atoms with van der Waals surface area (Å²) < 4.78 is 66.7. The van der Waals surface area contributed by atoms with Crippen molar-refractivity contribution in [3.8, 4) is 0 Å². The highest BCUT2D eigenvalue weighted by molar-refractivity contribution is 7.91. The molecule has 2 aromatic carbocycles. The average molecular weight is 425 g/mol. The van der Waals surface area contributed by atoms with Crippen molar-refractivity contribution in [1.82, 2.24) is 5.32 Å². The molecule has 0 bridgehead atoms. The number of rotatable bonds is 6. The predicted octanol–water partition coefficient (Wildman–Crippen LogP) is 4.11. The summed E-state index contributed by atoms with van der Waals surface area (Å²) in [7, 11) is -4.00. The minimum absolute atomic E-state index is 0.126. The molecule has 146 valence electrons. The number of carbonyl (C=O) groups is 1. The van der Waals surface area contributed by atoms with Gasteiger partial charge < -0.3 is 5.32 Å². The molecule has 1 heterocycles. The number of hydrogen-bond donors (Lipinski definition) is 1. The van der Waals surface area contributed by atoms with E-state index in [-0.39, 0.29) is 4.90 Å². The lowest BCUT2D eigenvalue weighted by Gasteiger charge is -2.18. The van der Waals surface area contributed by atoms with Crippen LogP contribution in [0.15, 0.2) is 64.9 Å². The number of sulfone groups is 1. The van der Waals surface area contributed by atoms with E-state index < -0.39 is 50.6 Å². The Morgan fingerprint density at radius 1 is 0.964 bits per heavy atom. The van der Waals surface area contributed by atoms with Gasteiger partial charge in [-0.05, 0) is 47.8 Å². The molecule has 0 aliphatic rings. The van der Waals surface area contributed by atoms with Crippen molar-refractivity contribution >= 4 is 27.1 Å². The summed E-state index contributed by atoms with van der Waals surface area (Å²) >= 11 is 1.16. The topological polar surface area (TPSA) is 63.2 Å². The summed E-state index contributed by atoms with van der Waals surface area (Å²) in [5.41, 5.74) is -0.786. The number of carbonyl (C=O) groups excluding carboxylic acids is 1. The summed E-state index contributed by atoms with van der Waals surface area (Å²) in [4.78, 5) is 12.5. The van der Waals surface area contributed by atoms with Gasteiger partial charge in [0.1, 0.15) is 28.3 Å². The fourth-order valence-electron chi connectivity index (χ4n) is 2.61. The number of benzene rings is 2. The molecule has 0 aliphatic heterocycles. The Kier molecular flexibility index (Phi) is 5.85. The Morgan fingerprint density at radius 2 is 1.61 bits per heavy atom. The molecule has 4 nitrogen and oxygen atoms in total. The van der Waals surface area contributed by atoms with Crippen LogP contribution in [0, 0.1) is 17.5 Å². The first-order chi connectivity index (χ1) is 13.3. The van der Waals surface area contributed by atoms with Crippen LogP contribution in [0.2, 0.25) is 0 Å². The molecule has 3 aromatic rings. The molecule has 28 heavy (non-hydrogen) atoms. The molecule has 0 fully saturated rings. The van der Waals surface area contributed by atoms with Crippen LogP contribution in [0.3, 0.4) is 0 Å². The van der Waals surface area contributed by atoms with Crippen LogP contribution >= 0.6 is 11.3 Å². The lowest BCUT2D eigenvalue weighted by molar-refractivity contribution is 0.0945. The van der Waals surface area contributed by atoms with Gasteiger partial charge in [0.05, 0.1) is 4.90 Å². The second-order valence-electron chi connectivity index (χ2n) is 5.81. The number of thiophene rings is 1. The van der Waals surface area contributed by atoms with Gasteiger partial charge in [0.15, 0.2) is 9.84 Å². The van der Waals surface area contributed by atoms with Crippen molar-refractivity contribution in [1.29, 1.82) is 0 Å². The van der Waals surface area contributed by atoms with Gasteiger partial charge in [0.25, 0.3) is 5.91 Å². The molecule has 0 aliphatic carbocycles. The van der Waals surface area contributed by atoms with Crippen molar-refractivity contribution in [3.63, 3.8) is 0 Å². The van der Waals surface area contributed by atoms with Crippen LogP contribution in [0.25, 0.3) is 0 Å². The second-order valence-corrected chi connectivity index (χ2v) is 8.92. The van der Waals surface area contributed by atoms with Gasteiger partial charge in [-0.15, -0.1) is 11.3 Å². The fraction of sp³-hybridized carbons (Fsp3) is 0.105. The van der Waals surface area contributed by atoms with Crippen molar-refractivity contribution in [2.45, 2.75) is 10.1 Å². The maximum absolute atomic E-state index is 13.8. The highest BCUT2D eigenvalue weighted by Gasteiger charge is 2.31. The van der Waals surface area contributed by atoms with E-state index in [1.165, 1.54) is 0 Å². The van der Waals surface area contributed by atoms with E-state index >= 15 is 0 Å². The number of hydrogen-bond acceptors (Lipinski definition) is 4. The van der Waals surface area contributed by atoms with Gasteiger partial charge in [0.2, 0.25) is 0 Å². The molecule has 0 radical (unpaired) electrons. The molecule has 1 N–H and O–H groups in total. The number of nitrogens with one attached hydrogen (secondary N) is 1. The summed E-state index contributed by atoms with van der Waals surface area (Å²) in [6, 6.07) is 10.5. The monoisotopic (exact) mass is 425 g/mol. The summed E-state index contributed by atoms with van der Waals surface area (Å²) in [5, 5.41) is 2.76. The molecule has 1 aromatic heterocycles. The molecule has 0 spiro atoms. The SMILES string of the molecule is O=C(NC[C@@H](c1cccs1)S(=O)(=O)c1ccc(F)cc1)c1c(F)cccc1F. The summed E-state index contributed by atoms with van der Waals surface area (Å²) in [6.07, 6.45) is 0. The van der Waals surface area contributed by atoms with E-state index in [4.69, 9.17) is 0 Å². The van der Waals surface area contributed by atoms with Crippen LogP contribution in [0.5, 0.6) is 0 Å². The van der Waals surface area contributed by atoms with Crippen molar-refractivity contribution in [3.05, 3.63) is 87.9 Å². The standard InChI is InChI=1S/C19H14F3NO3S2/c20-12-6-8-13(9-7-12)28(25,26)17(16-5-2-10-27-16)11-23-19(24)18-14(21)3-1-4-15(18)22/h1-10,17H,11H2,(H,23,24)/t17-/m0/s1. The fourth-order valence-corrected chi connectivity index (χ4v) is 5.40. The van der Waals surface area contributed by atoms with E-state index in [9.17, 15) is 26.4 Å². The van der Waals surface area contributed by atoms with E-state index in [0.717, 1.165) is 53.8 Å². The van der Waals surface area contributed by atoms with Gasteiger partial charge in [-0.25, -0.2) is 21.6 Å². The predicted molar refractivity (Wildman–Crippen MR) is 99.3 cm³/mol. The third kappa shape index (κ3) is 4.10. The van der Waals surface area contributed by atoms with Crippen LogP contribution in [-0.4, -0.2) is 20.9 Å². The third-order valence-electron chi connectivity index (χ3n) is 4.02. The van der Waals surface area contributed by atoms with E-state index in [2.05, 4.69) is 5.32 Å². The maximum atomic E-state index is 13.8. The zero-order chi connectivity index (χ0) is 20.3. The smallest absolute Gasteiger partial charge is 0.257 e. The molecule has 0 unspecified atom stereocenters. The Morgan fingerprint density at radius 3 is 2.18 bits per heavy atom. The third-order valence-corrected chi connectivity index (χ3v) is 7.25. The molecule has 1 atom stereocenters. The Labute approximate surface area is 163 Å². The van der Waals surface area contributed by atoms with E-state index in [0.29, 0.717) is 4.88 Å². The molecule has 0 saturated carbocycles. The van der Waals surface area contributed by atoms with Gasteiger partial charge in [-0.2, -0.15) is 0 Å². The van der Waals surface area contributed by atoms with Crippen molar-refractivity contribution < 1.29 is 26.4 Å². The van der Waals surface area contributed by atoms with Crippen molar-refractivity contribution in [2.24, 2.45) is 0 Å². The highest BCUT2D eigenvalue weighted by atomic mass is 32.2. The molecule has 3 rings (SSSR count). The maximum Gasteiger partial charge on any atom is 0.257 e. The van der Waals surface area contributed by atoms with Gasteiger partial charge >= 0.3 is 0 Å². The summed E-state index contributed by atoms with van der Waals surface area (Å²) in [5.74, 6) is -3.75. The second kappa shape index (κ2) is 8.15. The van der Waals surface area contributed by atoms with Crippen LogP contribution in [-0.2, 0) is 9.84 Å². The zero-order valence-corrected chi connectivity index (χ0v) is 15.9. The van der Waals surface area contributed by atoms with Crippen molar-refractivity contribution in [2.75, 3.05) is 6.54 Å². The first-order valence-corrected chi connectivity index (χ1v) is 10.5. The Balaban J connectivity index is 1.90. The molecule has 1 amide bonds. The molecular weight excluding hydrogens is 411 g/mol. The lowest BCUT2D eigenvalue weighted by atomic mass is 10.2. The Hall–Kier alpha value is -2.65. The van der Waals surface area contributed by atoms with E-state index in [1.54, 1.807) is 17.5 Å². The normalized spacial score (nSPS) is 12.5. The highest BCUT2D eigenvalue weighted by Crippen LogP contribution is 2.31. The first-order valence-electron chi connectivity index (χ1n) is 8.06. The largest absolute Gasteiger partial charge is 0.350 e. The van der Waals surface area contributed by atoms with Gasteiger partial charge in [-0.1, -0.05) is 12.1 Å². The number of halogens is 3. The van der Waals surface area contributed by atoms with Crippen LogP contribution < -0.4 is 5.32 Å². The lowest BCUT2D eigenvalue weighted by Crippen LogP contribution is -2.32. The first kappa shape index (κ1) is 20.1.